The van der Waals surface area contributed by atoms with Crippen LogP contribution in [0.5, 0.6) is 0 Å². The van der Waals surface area contributed by atoms with E-state index in [0.717, 1.165) is 35.6 Å². The molecule has 6 heteroatoms. The summed E-state index contributed by atoms with van der Waals surface area (Å²) in [6.45, 7) is 5.18. The number of halogens is 1. The van der Waals surface area contributed by atoms with Crippen LogP contribution < -0.4 is 10.6 Å². The summed E-state index contributed by atoms with van der Waals surface area (Å²) in [5.41, 5.74) is 0. The number of nitrogens with zero attached hydrogens (tertiary/aromatic N) is 3. The molecular weight excluding hydrogens is 306 g/mol. The lowest BCUT2D eigenvalue weighted by molar-refractivity contribution is 0.322. The lowest BCUT2D eigenvalue weighted by Gasteiger charge is -2.20. The Labute approximate surface area is 123 Å². The second-order valence-electron chi connectivity index (χ2n) is 4.97. The van der Waals surface area contributed by atoms with Crippen molar-refractivity contribution in [3.8, 4) is 0 Å². The number of anilines is 2. The summed E-state index contributed by atoms with van der Waals surface area (Å²) in [5, 5.41) is 6.71. The number of hydrogen-bond donors (Lipinski definition) is 2. The molecule has 0 aromatic carbocycles. The molecule has 1 unspecified atom stereocenters. The van der Waals surface area contributed by atoms with Crippen molar-refractivity contribution in [3.05, 3.63) is 10.8 Å². The number of likely N-dealkylation sites (tertiary alicyclic amines) is 1. The summed E-state index contributed by atoms with van der Waals surface area (Å²) in [4.78, 5) is 11.0. The van der Waals surface area contributed by atoms with Crippen LogP contribution in [0.3, 0.4) is 0 Å². The fourth-order valence-electron chi connectivity index (χ4n) is 2.31. The Morgan fingerprint density at radius 2 is 2.11 bits per heavy atom. The van der Waals surface area contributed by atoms with Gasteiger partial charge in [-0.1, -0.05) is 6.92 Å². The normalized spacial score (nSPS) is 19.6. The average molecular weight is 328 g/mol. The van der Waals surface area contributed by atoms with Crippen molar-refractivity contribution < 1.29 is 0 Å². The minimum Gasteiger partial charge on any atom is -0.369 e. The maximum atomic E-state index is 4.31. The predicted molar refractivity (Wildman–Crippen MR) is 82.7 cm³/mol. The first-order valence-electron chi connectivity index (χ1n) is 6.90. The molecule has 1 saturated heterocycles. The third-order valence-electron chi connectivity index (χ3n) is 3.51. The van der Waals surface area contributed by atoms with Crippen LogP contribution in [0.2, 0.25) is 0 Å². The Morgan fingerprint density at radius 3 is 2.74 bits per heavy atom. The first kappa shape index (κ1) is 14.5. The van der Waals surface area contributed by atoms with E-state index in [1.54, 1.807) is 6.33 Å². The highest BCUT2D eigenvalue weighted by Gasteiger charge is 2.21. The minimum absolute atomic E-state index is 0.605. The zero-order valence-electron chi connectivity index (χ0n) is 11.6. The third kappa shape index (κ3) is 3.79. The van der Waals surface area contributed by atoms with Crippen molar-refractivity contribution in [1.29, 1.82) is 0 Å². The predicted octanol–water partition coefficient (Wildman–Crippen LogP) is 2.57. The summed E-state index contributed by atoms with van der Waals surface area (Å²) in [6.07, 6.45) is 5.22. The van der Waals surface area contributed by atoms with Gasteiger partial charge >= 0.3 is 0 Å². The van der Waals surface area contributed by atoms with E-state index in [9.17, 15) is 0 Å². The standard InChI is InChI=1S/C13H22BrN5/c1-3-6-15-12-11(14)13(18-9-17-12)16-8-10-5-4-7-19(10)2/h9-10H,3-8H2,1-2H3,(H2,15,16,17,18). The van der Waals surface area contributed by atoms with Crippen molar-refractivity contribution >= 4 is 27.6 Å². The summed E-state index contributed by atoms with van der Waals surface area (Å²) in [6, 6.07) is 0.605. The number of aromatic nitrogens is 2. The molecule has 1 aliphatic heterocycles. The van der Waals surface area contributed by atoms with Crippen LogP contribution in [-0.2, 0) is 0 Å². The van der Waals surface area contributed by atoms with Crippen molar-refractivity contribution in [2.45, 2.75) is 32.2 Å². The van der Waals surface area contributed by atoms with Gasteiger partial charge in [-0.25, -0.2) is 9.97 Å². The van der Waals surface area contributed by atoms with Crippen molar-refractivity contribution in [1.82, 2.24) is 14.9 Å². The molecule has 1 aromatic heterocycles. The van der Waals surface area contributed by atoms with Gasteiger partial charge in [-0.05, 0) is 48.8 Å². The van der Waals surface area contributed by atoms with E-state index in [2.05, 4.69) is 55.4 Å². The SMILES string of the molecule is CCCNc1ncnc(NCC2CCCN2C)c1Br. The maximum absolute atomic E-state index is 4.31. The second kappa shape index (κ2) is 7.05. The van der Waals surface area contributed by atoms with Gasteiger partial charge < -0.3 is 15.5 Å². The molecule has 0 amide bonds. The number of hydrogen-bond acceptors (Lipinski definition) is 5. The Hall–Kier alpha value is -0.880. The first-order valence-corrected chi connectivity index (χ1v) is 7.70. The van der Waals surface area contributed by atoms with Crippen LogP contribution in [0.1, 0.15) is 26.2 Å². The molecule has 1 fully saturated rings. The van der Waals surface area contributed by atoms with E-state index < -0.39 is 0 Å². The zero-order chi connectivity index (χ0) is 13.7. The summed E-state index contributed by atoms with van der Waals surface area (Å²) < 4.78 is 0.920. The van der Waals surface area contributed by atoms with Crippen LogP contribution >= 0.6 is 15.9 Å². The lowest BCUT2D eigenvalue weighted by Crippen LogP contribution is -2.31. The van der Waals surface area contributed by atoms with Gasteiger partial charge in [-0.3, -0.25) is 0 Å². The van der Waals surface area contributed by atoms with E-state index in [1.165, 1.54) is 19.4 Å². The molecule has 0 spiro atoms. The summed E-state index contributed by atoms with van der Waals surface area (Å²) in [5.74, 6) is 1.73. The fraction of sp³-hybridized carbons (Fsp3) is 0.692. The van der Waals surface area contributed by atoms with Gasteiger partial charge in [-0.2, -0.15) is 0 Å². The van der Waals surface area contributed by atoms with Crippen molar-refractivity contribution in [2.75, 3.05) is 37.3 Å². The molecule has 19 heavy (non-hydrogen) atoms. The number of rotatable bonds is 6. The summed E-state index contributed by atoms with van der Waals surface area (Å²) in [7, 11) is 2.18. The Morgan fingerprint density at radius 1 is 1.37 bits per heavy atom. The Bertz CT molecular complexity index is 412. The van der Waals surface area contributed by atoms with E-state index in [1.807, 2.05) is 0 Å². The van der Waals surface area contributed by atoms with E-state index in [0.29, 0.717) is 6.04 Å². The van der Waals surface area contributed by atoms with Gasteiger partial charge in [-0.15, -0.1) is 0 Å². The highest BCUT2D eigenvalue weighted by molar-refractivity contribution is 9.10. The molecule has 1 aliphatic rings. The molecule has 2 N–H and O–H groups in total. The highest BCUT2D eigenvalue weighted by atomic mass is 79.9. The average Bonchev–Trinajstić information content (AvgIpc) is 2.82. The molecule has 106 valence electrons. The largest absolute Gasteiger partial charge is 0.369 e. The number of nitrogens with one attached hydrogen (secondary N) is 2. The molecule has 1 aromatic rings. The summed E-state index contributed by atoms with van der Waals surface area (Å²) >= 11 is 3.57. The maximum Gasteiger partial charge on any atom is 0.146 e. The van der Waals surface area contributed by atoms with E-state index in [-0.39, 0.29) is 0 Å². The van der Waals surface area contributed by atoms with Crippen LogP contribution in [0, 0.1) is 0 Å². The molecule has 1 atom stereocenters. The molecule has 0 radical (unpaired) electrons. The number of likely N-dealkylation sites (N-methyl/N-ethyl adjacent to an activating group) is 1. The fourth-order valence-corrected chi connectivity index (χ4v) is 2.80. The van der Waals surface area contributed by atoms with E-state index in [4.69, 9.17) is 0 Å². The quantitative estimate of drug-likeness (QED) is 0.841. The van der Waals surface area contributed by atoms with Crippen LogP contribution in [0.4, 0.5) is 11.6 Å². The lowest BCUT2D eigenvalue weighted by atomic mass is 10.2. The topological polar surface area (TPSA) is 53.1 Å². The molecule has 0 saturated carbocycles. The van der Waals surface area contributed by atoms with Gasteiger partial charge in [0.05, 0.1) is 0 Å². The molecular formula is C13H22BrN5. The monoisotopic (exact) mass is 327 g/mol. The smallest absolute Gasteiger partial charge is 0.146 e. The third-order valence-corrected chi connectivity index (χ3v) is 4.26. The molecule has 5 nitrogen and oxygen atoms in total. The van der Waals surface area contributed by atoms with Crippen molar-refractivity contribution in [3.63, 3.8) is 0 Å². The van der Waals surface area contributed by atoms with Gasteiger partial charge in [0.2, 0.25) is 0 Å². The second-order valence-corrected chi connectivity index (χ2v) is 5.76. The van der Waals surface area contributed by atoms with Crippen LogP contribution in [-0.4, -0.2) is 47.6 Å². The zero-order valence-corrected chi connectivity index (χ0v) is 13.2. The van der Waals surface area contributed by atoms with Gasteiger partial charge in [0, 0.05) is 19.1 Å². The Balaban J connectivity index is 1.96. The van der Waals surface area contributed by atoms with Crippen molar-refractivity contribution in [2.24, 2.45) is 0 Å². The highest BCUT2D eigenvalue weighted by Crippen LogP contribution is 2.27. The van der Waals surface area contributed by atoms with Crippen LogP contribution in [0.25, 0.3) is 0 Å². The molecule has 2 heterocycles. The van der Waals surface area contributed by atoms with Gasteiger partial charge in [0.1, 0.15) is 22.4 Å². The first-order chi connectivity index (χ1) is 9.22. The van der Waals surface area contributed by atoms with Crippen LogP contribution in [0.15, 0.2) is 10.8 Å². The Kier molecular flexibility index (Phi) is 5.39. The minimum atomic E-state index is 0.605. The van der Waals surface area contributed by atoms with E-state index >= 15 is 0 Å². The molecule has 0 aliphatic carbocycles. The molecule has 0 bridgehead atoms. The van der Waals surface area contributed by atoms with Gasteiger partial charge in [0.15, 0.2) is 0 Å². The van der Waals surface area contributed by atoms with Gasteiger partial charge in [0.25, 0.3) is 0 Å². The molecule has 2 rings (SSSR count).